The average Bonchev–Trinajstić information content (AvgIpc) is 3.51. The van der Waals surface area contributed by atoms with E-state index < -0.39 is 0 Å². The van der Waals surface area contributed by atoms with Gasteiger partial charge in [0.15, 0.2) is 0 Å². The summed E-state index contributed by atoms with van der Waals surface area (Å²) in [5.41, 5.74) is 2.79. The molecule has 2 aromatic carbocycles. The molecule has 1 aliphatic carbocycles. The number of rotatable bonds is 7. The van der Waals surface area contributed by atoms with Crippen LogP contribution in [0.1, 0.15) is 73.2 Å². The molecule has 1 N–H and O–H groups in total. The van der Waals surface area contributed by atoms with Crippen LogP contribution < -0.4 is 19.7 Å². The zero-order valence-electron chi connectivity index (χ0n) is 23.3. The molecule has 40 heavy (non-hydrogen) atoms. The Morgan fingerprint density at radius 1 is 0.900 bits per heavy atom. The highest BCUT2D eigenvalue weighted by molar-refractivity contribution is 5.94. The Kier molecular flexibility index (Phi) is 8.51. The highest BCUT2D eigenvalue weighted by Crippen LogP contribution is 2.39. The average molecular weight is 549 g/mol. The first-order chi connectivity index (χ1) is 19.6. The van der Waals surface area contributed by atoms with Gasteiger partial charge in [0.25, 0.3) is 5.91 Å². The van der Waals surface area contributed by atoms with Gasteiger partial charge in [0, 0.05) is 88.1 Å². The van der Waals surface area contributed by atoms with E-state index in [1.54, 1.807) is 6.07 Å². The fourth-order valence-corrected chi connectivity index (χ4v) is 6.52. The number of nitrogens with one attached hydrogen (secondary N) is 1. The van der Waals surface area contributed by atoms with Crippen molar-refractivity contribution in [3.63, 3.8) is 0 Å². The Morgan fingerprint density at radius 2 is 1.70 bits per heavy atom. The van der Waals surface area contributed by atoms with E-state index in [9.17, 15) is 9.18 Å². The molecule has 1 atom stereocenters. The van der Waals surface area contributed by atoms with Crippen LogP contribution in [0, 0.1) is 5.82 Å². The predicted molar refractivity (Wildman–Crippen MR) is 156 cm³/mol. The predicted octanol–water partition coefficient (Wildman–Crippen LogP) is 5.19. The molecule has 0 spiro atoms. The third-order valence-electron chi connectivity index (χ3n) is 8.77. The van der Waals surface area contributed by atoms with Gasteiger partial charge in [-0.05, 0) is 48.6 Å². The Morgan fingerprint density at radius 3 is 2.45 bits per heavy atom. The van der Waals surface area contributed by atoms with Crippen LogP contribution in [-0.2, 0) is 0 Å². The molecule has 8 heteroatoms. The summed E-state index contributed by atoms with van der Waals surface area (Å²) < 4.78 is 27.0. The number of anilines is 1. The number of aliphatic imine (C=N–C) groups is 1. The largest absolute Gasteiger partial charge is 0.490 e. The maximum absolute atomic E-state index is 14.4. The minimum atomic E-state index is -0.277. The summed E-state index contributed by atoms with van der Waals surface area (Å²) in [4.78, 5) is 22.0. The number of piperazine rings is 1. The van der Waals surface area contributed by atoms with Crippen LogP contribution in [0.5, 0.6) is 11.5 Å². The van der Waals surface area contributed by atoms with E-state index in [1.807, 2.05) is 29.3 Å². The van der Waals surface area contributed by atoms with Crippen LogP contribution in [0.15, 0.2) is 41.4 Å². The van der Waals surface area contributed by atoms with Gasteiger partial charge in [-0.15, -0.1) is 0 Å². The Hall–Kier alpha value is -3.13. The second kappa shape index (κ2) is 12.6. The number of halogens is 1. The molecule has 2 aromatic rings. The number of piperidine rings is 1. The van der Waals surface area contributed by atoms with Crippen molar-refractivity contribution in [3.05, 3.63) is 53.3 Å². The quantitative estimate of drug-likeness (QED) is 0.516. The van der Waals surface area contributed by atoms with Crippen LogP contribution in [-0.4, -0.2) is 75.0 Å². The molecule has 214 valence electrons. The molecule has 0 unspecified atom stereocenters. The Bertz CT molecular complexity index is 1190. The first kappa shape index (κ1) is 27.1. The number of likely N-dealkylation sites (tertiary alicyclic amines) is 1. The number of ether oxygens (including phenoxy) is 2. The summed E-state index contributed by atoms with van der Waals surface area (Å²) in [6, 6.07) is 11.0. The molecular weight excluding hydrogens is 507 g/mol. The van der Waals surface area contributed by atoms with Gasteiger partial charge in [0.05, 0.1) is 6.54 Å². The van der Waals surface area contributed by atoms with E-state index in [2.05, 4.69) is 21.3 Å². The summed E-state index contributed by atoms with van der Waals surface area (Å²) in [7, 11) is 0. The first-order valence-corrected chi connectivity index (χ1v) is 15.1. The zero-order valence-corrected chi connectivity index (χ0v) is 23.3. The molecule has 0 radical (unpaired) electrons. The molecule has 3 aliphatic heterocycles. The van der Waals surface area contributed by atoms with E-state index in [0.717, 1.165) is 75.3 Å². The van der Waals surface area contributed by atoms with Crippen molar-refractivity contribution in [1.29, 1.82) is 0 Å². The van der Waals surface area contributed by atoms with Crippen molar-refractivity contribution in [1.82, 2.24) is 10.2 Å². The highest BCUT2D eigenvalue weighted by Gasteiger charge is 2.28. The normalized spacial score (nSPS) is 22.5. The maximum atomic E-state index is 14.4. The maximum Gasteiger partial charge on any atom is 0.253 e. The SMILES string of the molecule is O=C(c1ccc(O[C@H]2CC=NC2)c(C2CCCCC2)c1)N1CCC(Oc2cc(F)cc(N3CCNCC3)c2)CC1. The van der Waals surface area contributed by atoms with E-state index in [4.69, 9.17) is 9.47 Å². The molecule has 3 heterocycles. The molecule has 6 rings (SSSR count). The van der Waals surface area contributed by atoms with Crippen molar-refractivity contribution in [2.24, 2.45) is 4.99 Å². The minimum Gasteiger partial charge on any atom is -0.490 e. The summed E-state index contributed by atoms with van der Waals surface area (Å²) in [6.45, 7) is 5.45. The van der Waals surface area contributed by atoms with Gasteiger partial charge < -0.3 is 24.6 Å². The second-order valence-electron chi connectivity index (χ2n) is 11.6. The monoisotopic (exact) mass is 548 g/mol. The van der Waals surface area contributed by atoms with Crippen molar-refractivity contribution in [3.8, 4) is 11.5 Å². The molecular formula is C32H41FN4O3. The molecule has 0 aromatic heterocycles. The zero-order chi connectivity index (χ0) is 27.3. The number of nitrogens with zero attached hydrogens (tertiary/aromatic N) is 3. The first-order valence-electron chi connectivity index (χ1n) is 15.1. The number of benzene rings is 2. The van der Waals surface area contributed by atoms with Gasteiger partial charge in [-0.2, -0.15) is 0 Å². The van der Waals surface area contributed by atoms with Gasteiger partial charge in [0.2, 0.25) is 0 Å². The lowest BCUT2D eigenvalue weighted by molar-refractivity contribution is 0.0595. The smallest absolute Gasteiger partial charge is 0.253 e. The van der Waals surface area contributed by atoms with Gasteiger partial charge in [-0.1, -0.05) is 19.3 Å². The molecule has 7 nitrogen and oxygen atoms in total. The van der Waals surface area contributed by atoms with E-state index in [0.29, 0.717) is 31.3 Å². The highest BCUT2D eigenvalue weighted by atomic mass is 19.1. The number of hydrogen-bond donors (Lipinski definition) is 1. The Labute approximate surface area is 236 Å². The summed E-state index contributed by atoms with van der Waals surface area (Å²) >= 11 is 0. The van der Waals surface area contributed by atoms with E-state index >= 15 is 0 Å². The van der Waals surface area contributed by atoms with Gasteiger partial charge >= 0.3 is 0 Å². The number of amides is 1. The summed E-state index contributed by atoms with van der Waals surface area (Å²) in [5, 5.41) is 3.33. The van der Waals surface area contributed by atoms with Crippen LogP contribution >= 0.6 is 0 Å². The number of hydrogen-bond acceptors (Lipinski definition) is 6. The summed E-state index contributed by atoms with van der Waals surface area (Å²) in [6.07, 6.45) is 10.3. The van der Waals surface area contributed by atoms with Gasteiger partial charge in [-0.3, -0.25) is 9.79 Å². The third-order valence-corrected chi connectivity index (χ3v) is 8.77. The van der Waals surface area contributed by atoms with Gasteiger partial charge in [-0.25, -0.2) is 4.39 Å². The number of carbonyl (C=O) groups is 1. The van der Waals surface area contributed by atoms with Crippen LogP contribution in [0.25, 0.3) is 0 Å². The van der Waals surface area contributed by atoms with Crippen LogP contribution in [0.2, 0.25) is 0 Å². The number of carbonyl (C=O) groups excluding carboxylic acids is 1. The standard InChI is InChI=1S/C32H41FN4O3/c33-25-19-26(36-16-12-34-13-17-36)21-29(20-25)39-27-9-14-37(15-10-27)32(38)24-6-7-31(40-28-8-11-35-22-28)30(18-24)23-4-2-1-3-5-23/h6-7,11,18-21,23,27-28,34H,1-5,8-10,12-17,22H2/t28-/m0/s1. The topological polar surface area (TPSA) is 66.4 Å². The lowest BCUT2D eigenvalue weighted by Gasteiger charge is -2.33. The Balaban J connectivity index is 1.09. The van der Waals surface area contributed by atoms with Crippen LogP contribution in [0.4, 0.5) is 10.1 Å². The summed E-state index contributed by atoms with van der Waals surface area (Å²) in [5.74, 6) is 1.72. The van der Waals surface area contributed by atoms with E-state index in [-0.39, 0.29) is 23.9 Å². The molecule has 2 saturated heterocycles. The third kappa shape index (κ3) is 6.43. The fourth-order valence-electron chi connectivity index (χ4n) is 6.52. The van der Waals surface area contributed by atoms with Crippen molar-refractivity contribution >= 4 is 17.8 Å². The molecule has 1 amide bonds. The van der Waals surface area contributed by atoms with Gasteiger partial charge in [0.1, 0.15) is 29.5 Å². The van der Waals surface area contributed by atoms with Crippen LogP contribution in [0.3, 0.4) is 0 Å². The molecule has 0 bridgehead atoms. The molecule has 4 aliphatic rings. The second-order valence-corrected chi connectivity index (χ2v) is 11.6. The lowest BCUT2D eigenvalue weighted by Crippen LogP contribution is -2.43. The van der Waals surface area contributed by atoms with Crippen molar-refractivity contribution < 1.29 is 18.7 Å². The minimum absolute atomic E-state index is 0.0380. The van der Waals surface area contributed by atoms with Crippen molar-refractivity contribution in [2.45, 2.75) is 69.5 Å². The molecule has 3 fully saturated rings. The lowest BCUT2D eigenvalue weighted by atomic mass is 9.83. The van der Waals surface area contributed by atoms with E-state index in [1.165, 1.54) is 30.9 Å². The molecule has 1 saturated carbocycles. The fraction of sp³-hybridized carbons (Fsp3) is 0.562. The van der Waals surface area contributed by atoms with Crippen molar-refractivity contribution in [2.75, 3.05) is 50.7 Å².